The number of nitriles is 1. The van der Waals surface area contributed by atoms with E-state index in [-0.39, 0.29) is 11.9 Å². The van der Waals surface area contributed by atoms with Gasteiger partial charge in [0, 0.05) is 20.0 Å². The minimum absolute atomic E-state index is 0.0181. The van der Waals surface area contributed by atoms with E-state index >= 15 is 0 Å². The molecule has 0 aromatic carbocycles. The Morgan fingerprint density at radius 2 is 2.33 bits per heavy atom. The van der Waals surface area contributed by atoms with Gasteiger partial charge in [0.1, 0.15) is 0 Å². The molecule has 0 aliphatic rings. The molecule has 0 bridgehead atoms. The van der Waals surface area contributed by atoms with Gasteiger partial charge in [0.15, 0.2) is 0 Å². The Labute approximate surface area is 73.2 Å². The van der Waals surface area contributed by atoms with Crippen molar-refractivity contribution in [1.82, 2.24) is 10.2 Å². The molecule has 0 radical (unpaired) electrons. The number of amides is 1. The maximum atomic E-state index is 11.1. The summed E-state index contributed by atoms with van der Waals surface area (Å²) in [5.41, 5.74) is 0. The van der Waals surface area contributed by atoms with E-state index in [1.165, 1.54) is 0 Å². The lowest BCUT2D eigenvalue weighted by Crippen LogP contribution is -2.42. The Balaban J connectivity index is 3.85. The zero-order chi connectivity index (χ0) is 9.56. The Hall–Kier alpha value is -1.08. The van der Waals surface area contributed by atoms with Crippen molar-refractivity contribution in [1.29, 1.82) is 5.26 Å². The van der Waals surface area contributed by atoms with Crippen molar-refractivity contribution in [2.75, 3.05) is 20.6 Å². The molecule has 12 heavy (non-hydrogen) atoms. The summed E-state index contributed by atoms with van der Waals surface area (Å²) in [6, 6.07) is 1.87. The topological polar surface area (TPSA) is 56.1 Å². The highest BCUT2D eigenvalue weighted by Crippen LogP contribution is 1.95. The average Bonchev–Trinajstić information content (AvgIpc) is 2.11. The van der Waals surface area contributed by atoms with Crippen molar-refractivity contribution in [3.63, 3.8) is 0 Å². The van der Waals surface area contributed by atoms with Gasteiger partial charge < -0.3 is 5.32 Å². The van der Waals surface area contributed by atoms with Gasteiger partial charge in [0.25, 0.3) is 0 Å². The first-order chi connectivity index (χ1) is 5.63. The molecule has 0 aliphatic heterocycles. The summed E-state index contributed by atoms with van der Waals surface area (Å²) in [6.45, 7) is 2.45. The van der Waals surface area contributed by atoms with Gasteiger partial charge in [-0.05, 0) is 14.0 Å². The zero-order valence-electron chi connectivity index (χ0n) is 7.79. The van der Waals surface area contributed by atoms with Crippen LogP contribution in [0.2, 0.25) is 0 Å². The molecular weight excluding hydrogens is 154 g/mol. The highest BCUT2D eigenvalue weighted by atomic mass is 16.2. The predicted molar refractivity (Wildman–Crippen MR) is 46.4 cm³/mol. The second-order valence-electron chi connectivity index (χ2n) is 2.68. The molecule has 0 rings (SSSR count). The standard InChI is InChI=1S/C8H15N3O/c1-7(8(12)10-2)11(3)6-4-5-9/h7H,4,6H2,1-3H3,(H,10,12). The predicted octanol–water partition coefficient (Wildman–Crippen LogP) is -0.0336. The third-order valence-electron chi connectivity index (χ3n) is 1.86. The molecule has 1 N–H and O–H groups in total. The number of nitrogens with one attached hydrogen (secondary N) is 1. The maximum absolute atomic E-state index is 11.1. The summed E-state index contributed by atoms with van der Waals surface area (Å²) in [5, 5.41) is 10.9. The molecule has 1 amide bonds. The third-order valence-corrected chi connectivity index (χ3v) is 1.86. The smallest absolute Gasteiger partial charge is 0.236 e. The molecule has 0 aromatic rings. The van der Waals surface area contributed by atoms with Gasteiger partial charge in [-0.25, -0.2) is 0 Å². The van der Waals surface area contributed by atoms with Crippen molar-refractivity contribution < 1.29 is 4.79 Å². The maximum Gasteiger partial charge on any atom is 0.236 e. The van der Waals surface area contributed by atoms with Gasteiger partial charge in [0.2, 0.25) is 5.91 Å². The number of hydrogen-bond acceptors (Lipinski definition) is 3. The number of hydrogen-bond donors (Lipinski definition) is 1. The molecular formula is C8H15N3O. The fraction of sp³-hybridized carbons (Fsp3) is 0.750. The van der Waals surface area contributed by atoms with Gasteiger partial charge in [-0.1, -0.05) is 0 Å². The molecule has 1 unspecified atom stereocenters. The molecule has 4 heteroatoms. The van der Waals surface area contributed by atoms with E-state index in [2.05, 4.69) is 5.32 Å². The number of carbonyl (C=O) groups excluding carboxylic acids is 1. The van der Waals surface area contributed by atoms with Crippen molar-refractivity contribution in [3.05, 3.63) is 0 Å². The highest BCUT2D eigenvalue weighted by molar-refractivity contribution is 5.80. The molecule has 1 atom stereocenters. The van der Waals surface area contributed by atoms with E-state index in [0.29, 0.717) is 13.0 Å². The zero-order valence-corrected chi connectivity index (χ0v) is 7.79. The molecule has 68 valence electrons. The third kappa shape index (κ3) is 3.35. The fourth-order valence-corrected chi connectivity index (χ4v) is 0.829. The molecule has 0 fully saturated rings. The molecule has 0 aliphatic carbocycles. The van der Waals surface area contributed by atoms with E-state index in [1.54, 1.807) is 7.05 Å². The molecule has 0 spiro atoms. The molecule has 0 aromatic heterocycles. The highest BCUT2D eigenvalue weighted by Gasteiger charge is 2.15. The second-order valence-corrected chi connectivity index (χ2v) is 2.68. The molecule has 4 nitrogen and oxygen atoms in total. The number of carbonyl (C=O) groups is 1. The van der Waals surface area contributed by atoms with Gasteiger partial charge in [-0.2, -0.15) is 5.26 Å². The van der Waals surface area contributed by atoms with Gasteiger partial charge >= 0.3 is 0 Å². The van der Waals surface area contributed by atoms with Crippen LogP contribution in [0, 0.1) is 11.3 Å². The minimum Gasteiger partial charge on any atom is -0.358 e. The van der Waals surface area contributed by atoms with Gasteiger partial charge in [0.05, 0.1) is 12.1 Å². The van der Waals surface area contributed by atoms with E-state index < -0.39 is 0 Å². The average molecular weight is 169 g/mol. The Bertz CT molecular complexity index is 185. The summed E-state index contributed by atoms with van der Waals surface area (Å²) in [5.74, 6) is -0.0181. The Kier molecular flexibility index (Phi) is 5.06. The summed E-state index contributed by atoms with van der Waals surface area (Å²) in [6.07, 6.45) is 0.456. The number of nitrogens with zero attached hydrogens (tertiary/aromatic N) is 2. The lowest BCUT2D eigenvalue weighted by molar-refractivity contribution is -0.124. The van der Waals surface area contributed by atoms with Crippen LogP contribution < -0.4 is 5.32 Å². The number of likely N-dealkylation sites (N-methyl/N-ethyl adjacent to an activating group) is 2. The fourth-order valence-electron chi connectivity index (χ4n) is 0.829. The SMILES string of the molecule is CNC(=O)C(C)N(C)CCC#N. The monoisotopic (exact) mass is 169 g/mol. The van der Waals surface area contributed by atoms with Gasteiger partial charge in [-0.3, -0.25) is 9.69 Å². The summed E-state index contributed by atoms with van der Waals surface area (Å²) in [4.78, 5) is 12.9. The number of rotatable bonds is 4. The van der Waals surface area contributed by atoms with Crippen molar-refractivity contribution in [2.45, 2.75) is 19.4 Å². The van der Waals surface area contributed by atoms with Crippen molar-refractivity contribution in [3.8, 4) is 6.07 Å². The van der Waals surface area contributed by atoms with Crippen LogP contribution in [0.1, 0.15) is 13.3 Å². The van der Waals surface area contributed by atoms with Crippen molar-refractivity contribution >= 4 is 5.91 Å². The minimum atomic E-state index is -0.164. The molecule has 0 saturated carbocycles. The molecule has 0 saturated heterocycles. The quantitative estimate of drug-likeness (QED) is 0.642. The van der Waals surface area contributed by atoms with Crippen LogP contribution in [0.5, 0.6) is 0 Å². The van der Waals surface area contributed by atoms with Crippen LogP contribution in [0.4, 0.5) is 0 Å². The summed E-state index contributed by atoms with van der Waals surface area (Å²) >= 11 is 0. The lowest BCUT2D eigenvalue weighted by Gasteiger charge is -2.21. The van der Waals surface area contributed by atoms with E-state index in [1.807, 2.05) is 24.9 Å². The summed E-state index contributed by atoms with van der Waals surface area (Å²) < 4.78 is 0. The lowest BCUT2D eigenvalue weighted by atomic mass is 10.2. The van der Waals surface area contributed by atoms with Crippen LogP contribution in [-0.4, -0.2) is 37.5 Å². The Morgan fingerprint density at radius 3 is 2.75 bits per heavy atom. The second kappa shape index (κ2) is 5.56. The first-order valence-electron chi connectivity index (χ1n) is 3.92. The van der Waals surface area contributed by atoms with Crippen LogP contribution in [0.15, 0.2) is 0 Å². The summed E-state index contributed by atoms with van der Waals surface area (Å²) in [7, 11) is 3.44. The molecule has 0 heterocycles. The Morgan fingerprint density at radius 1 is 1.75 bits per heavy atom. The van der Waals surface area contributed by atoms with Crippen LogP contribution in [0.25, 0.3) is 0 Å². The van der Waals surface area contributed by atoms with Crippen LogP contribution in [-0.2, 0) is 4.79 Å². The van der Waals surface area contributed by atoms with E-state index in [0.717, 1.165) is 0 Å². The van der Waals surface area contributed by atoms with Crippen molar-refractivity contribution in [2.24, 2.45) is 0 Å². The van der Waals surface area contributed by atoms with Crippen LogP contribution in [0.3, 0.4) is 0 Å². The first kappa shape index (κ1) is 10.9. The van der Waals surface area contributed by atoms with Crippen LogP contribution >= 0.6 is 0 Å². The first-order valence-corrected chi connectivity index (χ1v) is 3.92. The van der Waals surface area contributed by atoms with E-state index in [9.17, 15) is 4.79 Å². The largest absolute Gasteiger partial charge is 0.358 e. The van der Waals surface area contributed by atoms with Gasteiger partial charge in [-0.15, -0.1) is 0 Å². The normalized spacial score (nSPS) is 12.2. The van der Waals surface area contributed by atoms with E-state index in [4.69, 9.17) is 5.26 Å².